The summed E-state index contributed by atoms with van der Waals surface area (Å²) < 4.78 is 0. The van der Waals surface area contributed by atoms with Crippen molar-refractivity contribution in [1.82, 2.24) is 4.98 Å². The van der Waals surface area contributed by atoms with E-state index in [4.69, 9.17) is 5.73 Å². The summed E-state index contributed by atoms with van der Waals surface area (Å²) in [5.41, 5.74) is 7.44. The summed E-state index contributed by atoms with van der Waals surface area (Å²) in [6, 6.07) is 1.98. The molecule has 4 bridgehead atoms. The van der Waals surface area contributed by atoms with Crippen LogP contribution >= 0.6 is 0 Å². The molecule has 4 saturated carbocycles. The molecule has 5 rings (SSSR count). The number of hydrogen-bond donors (Lipinski definition) is 2. The Morgan fingerprint density at radius 1 is 1.16 bits per heavy atom. The number of aliphatic hydroxyl groups is 1. The average molecular weight is 258 g/mol. The summed E-state index contributed by atoms with van der Waals surface area (Å²) in [6.45, 7) is 2.05. The molecule has 0 aromatic carbocycles. The van der Waals surface area contributed by atoms with E-state index in [9.17, 15) is 5.11 Å². The van der Waals surface area contributed by atoms with Gasteiger partial charge in [-0.15, -0.1) is 0 Å². The highest BCUT2D eigenvalue weighted by Crippen LogP contribution is 2.62. The Labute approximate surface area is 114 Å². The van der Waals surface area contributed by atoms with E-state index >= 15 is 0 Å². The summed E-state index contributed by atoms with van der Waals surface area (Å²) in [4.78, 5) is 4.24. The van der Waals surface area contributed by atoms with Gasteiger partial charge in [0, 0.05) is 11.8 Å². The van der Waals surface area contributed by atoms with Crippen molar-refractivity contribution in [2.75, 3.05) is 5.73 Å². The fourth-order valence-electron chi connectivity index (χ4n) is 5.41. The minimum Gasteiger partial charge on any atom is -0.384 e. The third kappa shape index (κ3) is 1.45. The predicted octanol–water partition coefficient (Wildman–Crippen LogP) is 2.62. The lowest BCUT2D eigenvalue weighted by Gasteiger charge is -2.59. The summed E-state index contributed by atoms with van der Waals surface area (Å²) in [7, 11) is 0. The van der Waals surface area contributed by atoms with Crippen molar-refractivity contribution in [2.24, 2.45) is 23.7 Å². The molecule has 4 aliphatic rings. The first-order chi connectivity index (χ1) is 9.09. The zero-order chi connectivity index (χ0) is 13.2. The molecule has 0 amide bonds. The minimum absolute atomic E-state index is 0.397. The lowest BCUT2D eigenvalue weighted by atomic mass is 9.48. The molecule has 3 heteroatoms. The molecule has 1 heterocycles. The van der Waals surface area contributed by atoms with Crippen LogP contribution in [0.3, 0.4) is 0 Å². The van der Waals surface area contributed by atoms with E-state index in [-0.39, 0.29) is 0 Å². The zero-order valence-electron chi connectivity index (χ0n) is 11.5. The van der Waals surface area contributed by atoms with Gasteiger partial charge in [0.1, 0.15) is 5.82 Å². The number of aryl methyl sites for hydroxylation is 1. The van der Waals surface area contributed by atoms with Crippen molar-refractivity contribution >= 4 is 5.82 Å². The van der Waals surface area contributed by atoms with Crippen LogP contribution in [-0.4, -0.2) is 10.1 Å². The molecule has 0 spiro atoms. The van der Waals surface area contributed by atoms with Crippen LogP contribution in [0.25, 0.3) is 0 Å². The van der Waals surface area contributed by atoms with Crippen molar-refractivity contribution in [3.63, 3.8) is 0 Å². The topological polar surface area (TPSA) is 59.1 Å². The van der Waals surface area contributed by atoms with E-state index in [1.807, 2.05) is 6.07 Å². The Morgan fingerprint density at radius 2 is 1.74 bits per heavy atom. The maximum atomic E-state index is 11.5. The van der Waals surface area contributed by atoms with E-state index < -0.39 is 5.60 Å². The van der Waals surface area contributed by atoms with Gasteiger partial charge in [-0.2, -0.15) is 0 Å². The van der Waals surface area contributed by atoms with Gasteiger partial charge in [-0.25, -0.2) is 4.98 Å². The van der Waals surface area contributed by atoms with E-state index in [1.54, 1.807) is 6.20 Å². The molecule has 0 atom stereocenters. The van der Waals surface area contributed by atoms with Crippen molar-refractivity contribution in [3.05, 3.63) is 23.4 Å². The van der Waals surface area contributed by atoms with E-state index in [1.165, 1.54) is 32.1 Å². The largest absolute Gasteiger partial charge is 0.384 e. The van der Waals surface area contributed by atoms with E-state index in [0.29, 0.717) is 17.7 Å². The van der Waals surface area contributed by atoms with E-state index in [0.717, 1.165) is 23.0 Å². The Hall–Kier alpha value is -1.09. The molecule has 1 aromatic heterocycles. The zero-order valence-corrected chi connectivity index (χ0v) is 11.5. The van der Waals surface area contributed by atoms with Gasteiger partial charge in [0.25, 0.3) is 0 Å². The number of aromatic nitrogens is 1. The number of nitrogen functional groups attached to an aromatic ring is 1. The predicted molar refractivity (Wildman–Crippen MR) is 74.3 cm³/mol. The van der Waals surface area contributed by atoms with Crippen molar-refractivity contribution < 1.29 is 5.11 Å². The highest BCUT2D eigenvalue weighted by molar-refractivity contribution is 5.49. The van der Waals surface area contributed by atoms with Gasteiger partial charge in [-0.3, -0.25) is 0 Å². The van der Waals surface area contributed by atoms with Gasteiger partial charge < -0.3 is 10.8 Å². The highest BCUT2D eigenvalue weighted by Gasteiger charge is 2.58. The molecule has 3 nitrogen and oxygen atoms in total. The molecule has 102 valence electrons. The summed E-state index contributed by atoms with van der Waals surface area (Å²) in [5.74, 6) is 3.03. The van der Waals surface area contributed by atoms with Crippen molar-refractivity contribution in [3.8, 4) is 0 Å². The average Bonchev–Trinajstić information content (AvgIpc) is 2.35. The first-order valence-corrected chi connectivity index (χ1v) is 7.53. The quantitative estimate of drug-likeness (QED) is 0.814. The lowest BCUT2D eigenvalue weighted by molar-refractivity contribution is -0.179. The number of hydrogen-bond acceptors (Lipinski definition) is 3. The van der Waals surface area contributed by atoms with Crippen LogP contribution in [0.4, 0.5) is 5.82 Å². The van der Waals surface area contributed by atoms with Crippen LogP contribution in [0.1, 0.15) is 43.2 Å². The first-order valence-electron chi connectivity index (χ1n) is 7.53. The molecule has 0 saturated heterocycles. The standard InChI is InChI=1S/C16H22N2O/c1-9-2-3-18-15(17)14(9)16(19)12-5-10-4-11(7-12)8-13(16)6-10/h2-3,10-13,19H,4-8H2,1H3,(H2,17,18). The third-order valence-corrected chi connectivity index (χ3v) is 5.97. The summed E-state index contributed by atoms with van der Waals surface area (Å²) in [6.07, 6.45) is 7.85. The summed E-state index contributed by atoms with van der Waals surface area (Å²) in [5, 5.41) is 11.5. The number of rotatable bonds is 1. The molecular weight excluding hydrogens is 236 g/mol. The SMILES string of the molecule is Cc1ccnc(N)c1C1(O)C2CC3CC(C2)CC1C3. The van der Waals surface area contributed by atoms with Gasteiger partial charge in [-0.05, 0) is 74.3 Å². The number of anilines is 1. The lowest BCUT2D eigenvalue weighted by Crippen LogP contribution is -2.56. The monoisotopic (exact) mass is 258 g/mol. The molecule has 0 unspecified atom stereocenters. The van der Waals surface area contributed by atoms with Crippen LogP contribution in [0.15, 0.2) is 12.3 Å². The molecule has 3 N–H and O–H groups in total. The molecule has 19 heavy (non-hydrogen) atoms. The highest BCUT2D eigenvalue weighted by atomic mass is 16.3. The van der Waals surface area contributed by atoms with Gasteiger partial charge >= 0.3 is 0 Å². The van der Waals surface area contributed by atoms with Crippen LogP contribution in [0.5, 0.6) is 0 Å². The molecule has 4 fully saturated rings. The van der Waals surface area contributed by atoms with Gasteiger partial charge in [0.15, 0.2) is 0 Å². The Bertz CT molecular complexity index is 477. The maximum Gasteiger partial charge on any atom is 0.129 e. The van der Waals surface area contributed by atoms with Crippen molar-refractivity contribution in [1.29, 1.82) is 0 Å². The fraction of sp³-hybridized carbons (Fsp3) is 0.688. The normalized spacial score (nSPS) is 43.7. The Morgan fingerprint density at radius 3 is 2.26 bits per heavy atom. The van der Waals surface area contributed by atoms with Gasteiger partial charge in [0.05, 0.1) is 5.60 Å². The van der Waals surface area contributed by atoms with E-state index in [2.05, 4.69) is 11.9 Å². The minimum atomic E-state index is -0.712. The number of nitrogens with zero attached hydrogens (tertiary/aromatic N) is 1. The van der Waals surface area contributed by atoms with Crippen LogP contribution in [0, 0.1) is 30.6 Å². The Kier molecular flexibility index (Phi) is 2.29. The molecule has 1 aromatic rings. The van der Waals surface area contributed by atoms with Crippen LogP contribution in [0.2, 0.25) is 0 Å². The first kappa shape index (κ1) is 11.7. The molecule has 0 aliphatic heterocycles. The second kappa shape index (κ2) is 3.72. The third-order valence-electron chi connectivity index (χ3n) is 5.97. The Balaban J connectivity index is 1.85. The second-order valence-electron chi connectivity index (χ2n) is 7.02. The van der Waals surface area contributed by atoms with Gasteiger partial charge in [0.2, 0.25) is 0 Å². The maximum absolute atomic E-state index is 11.5. The second-order valence-corrected chi connectivity index (χ2v) is 7.02. The van der Waals surface area contributed by atoms with Crippen LogP contribution in [-0.2, 0) is 5.60 Å². The van der Waals surface area contributed by atoms with Crippen LogP contribution < -0.4 is 5.73 Å². The number of pyridine rings is 1. The number of nitrogens with two attached hydrogens (primary N) is 1. The van der Waals surface area contributed by atoms with Gasteiger partial charge in [-0.1, -0.05) is 0 Å². The van der Waals surface area contributed by atoms with Crippen molar-refractivity contribution in [2.45, 2.75) is 44.6 Å². The summed E-state index contributed by atoms with van der Waals surface area (Å²) >= 11 is 0. The molecular formula is C16H22N2O. The molecule has 4 aliphatic carbocycles. The molecule has 0 radical (unpaired) electrons. The smallest absolute Gasteiger partial charge is 0.129 e. The fourth-order valence-corrected chi connectivity index (χ4v) is 5.41.